The zero-order chi connectivity index (χ0) is 17.4. The molecule has 0 aromatic carbocycles. The van der Waals surface area contributed by atoms with Gasteiger partial charge in [0.25, 0.3) is 0 Å². The van der Waals surface area contributed by atoms with Crippen LogP contribution in [0.1, 0.15) is 60.8 Å². The summed E-state index contributed by atoms with van der Waals surface area (Å²) in [5.41, 5.74) is 0. The van der Waals surface area contributed by atoms with E-state index in [0.29, 0.717) is 6.10 Å². The van der Waals surface area contributed by atoms with Gasteiger partial charge < -0.3 is 9.64 Å². The van der Waals surface area contributed by atoms with Gasteiger partial charge in [-0.05, 0) is 25.3 Å². The Hall–Kier alpha value is -0.610. The lowest BCUT2D eigenvalue weighted by atomic mass is 10.2. The van der Waals surface area contributed by atoms with Crippen molar-refractivity contribution in [2.75, 3.05) is 39.8 Å². The molecule has 1 saturated heterocycles. The Labute approximate surface area is 139 Å². The van der Waals surface area contributed by atoms with Gasteiger partial charge in [0.05, 0.1) is 12.7 Å². The van der Waals surface area contributed by atoms with Crippen LogP contribution in [-0.4, -0.2) is 62.1 Å². The van der Waals surface area contributed by atoms with Gasteiger partial charge in [-0.3, -0.25) is 9.69 Å². The molecule has 0 spiro atoms. The Morgan fingerprint density at radius 3 is 2.41 bits per heavy atom. The van der Waals surface area contributed by atoms with Crippen LogP contribution in [0, 0.1) is 5.92 Å². The second kappa shape index (κ2) is 16.8. The highest BCUT2D eigenvalue weighted by molar-refractivity contribution is 5.46. The molecule has 0 N–H and O–H groups in total. The smallest absolute Gasteiger partial charge is 0.209 e. The highest BCUT2D eigenvalue weighted by Crippen LogP contribution is 2.09. The van der Waals surface area contributed by atoms with E-state index in [4.69, 9.17) is 4.74 Å². The molecule has 0 saturated carbocycles. The van der Waals surface area contributed by atoms with Crippen LogP contribution in [0.25, 0.3) is 0 Å². The van der Waals surface area contributed by atoms with Crippen molar-refractivity contribution >= 4 is 6.41 Å². The van der Waals surface area contributed by atoms with Crippen LogP contribution < -0.4 is 0 Å². The van der Waals surface area contributed by atoms with Crippen molar-refractivity contribution < 1.29 is 9.53 Å². The first kappa shape index (κ1) is 23.7. The summed E-state index contributed by atoms with van der Waals surface area (Å²) in [7, 11) is 1.81. The fourth-order valence-electron chi connectivity index (χ4n) is 1.94. The molecule has 1 unspecified atom stereocenters. The predicted molar refractivity (Wildman–Crippen MR) is 96.3 cm³/mol. The van der Waals surface area contributed by atoms with Gasteiger partial charge in [0.15, 0.2) is 0 Å². The maximum Gasteiger partial charge on any atom is 0.209 e. The number of carbonyl (C=O) groups excluding carboxylic acids is 1. The summed E-state index contributed by atoms with van der Waals surface area (Å²) in [5.74, 6) is 0.833. The number of ether oxygens (including phenoxy) is 1. The fourth-order valence-corrected chi connectivity index (χ4v) is 1.94. The molecule has 1 fully saturated rings. The van der Waals surface area contributed by atoms with Crippen molar-refractivity contribution in [1.29, 1.82) is 0 Å². The van der Waals surface area contributed by atoms with E-state index in [1.54, 1.807) is 4.90 Å². The maximum absolute atomic E-state index is 10.5. The lowest BCUT2D eigenvalue weighted by Gasteiger charge is -2.33. The zero-order valence-electron chi connectivity index (χ0n) is 16.1. The van der Waals surface area contributed by atoms with Gasteiger partial charge in [-0.2, -0.15) is 0 Å². The van der Waals surface area contributed by atoms with Gasteiger partial charge >= 0.3 is 0 Å². The average Bonchev–Trinajstić information content (AvgIpc) is 2.52. The molecule has 0 bridgehead atoms. The van der Waals surface area contributed by atoms with E-state index in [2.05, 4.69) is 32.6 Å². The van der Waals surface area contributed by atoms with Gasteiger partial charge in [-0.15, -0.1) is 0 Å². The van der Waals surface area contributed by atoms with E-state index >= 15 is 0 Å². The largest absolute Gasteiger partial charge is 0.375 e. The molecule has 1 atom stereocenters. The molecule has 1 heterocycles. The van der Waals surface area contributed by atoms with Crippen molar-refractivity contribution in [1.82, 2.24) is 9.80 Å². The molecule has 4 heteroatoms. The summed E-state index contributed by atoms with van der Waals surface area (Å²) in [6.07, 6.45) is 4.62. The van der Waals surface area contributed by atoms with Gasteiger partial charge in [0.2, 0.25) is 6.41 Å². The zero-order valence-corrected chi connectivity index (χ0v) is 16.1. The summed E-state index contributed by atoms with van der Waals surface area (Å²) < 4.78 is 5.70. The summed E-state index contributed by atoms with van der Waals surface area (Å²) in [6, 6.07) is 0. The monoisotopic (exact) mass is 316 g/mol. The minimum absolute atomic E-state index is 0.299. The quantitative estimate of drug-likeness (QED) is 0.672. The number of morpholine rings is 1. The molecular formula is C18H40N2O2. The summed E-state index contributed by atoms with van der Waals surface area (Å²) in [6.45, 7) is 17.6. The SMILES string of the molecule is CC.CC(C)C.CCCCN1CCOC(CCN(C)C=O)C1. The Kier molecular flexibility index (Phi) is 18.0. The van der Waals surface area contributed by atoms with Crippen LogP contribution in [0.15, 0.2) is 0 Å². The highest BCUT2D eigenvalue weighted by Gasteiger charge is 2.19. The second-order valence-electron chi connectivity index (χ2n) is 6.25. The molecule has 0 radical (unpaired) electrons. The minimum atomic E-state index is 0.299. The minimum Gasteiger partial charge on any atom is -0.375 e. The van der Waals surface area contributed by atoms with Crippen LogP contribution in [0.5, 0.6) is 0 Å². The van der Waals surface area contributed by atoms with E-state index in [-0.39, 0.29) is 0 Å². The second-order valence-corrected chi connectivity index (χ2v) is 6.25. The number of carbonyl (C=O) groups is 1. The predicted octanol–water partition coefficient (Wildman–Crippen LogP) is 3.65. The first-order valence-corrected chi connectivity index (χ1v) is 8.99. The van der Waals surface area contributed by atoms with Crippen LogP contribution in [-0.2, 0) is 9.53 Å². The molecular weight excluding hydrogens is 276 g/mol. The molecule has 0 aromatic rings. The number of amides is 1. The third-order valence-corrected chi connectivity index (χ3v) is 3.03. The summed E-state index contributed by atoms with van der Waals surface area (Å²) >= 11 is 0. The molecule has 4 nitrogen and oxygen atoms in total. The Bertz CT molecular complexity index is 232. The first-order chi connectivity index (χ1) is 10.5. The molecule has 1 aliphatic heterocycles. The van der Waals surface area contributed by atoms with Crippen LogP contribution >= 0.6 is 0 Å². The van der Waals surface area contributed by atoms with E-state index in [1.807, 2.05) is 20.9 Å². The first-order valence-electron chi connectivity index (χ1n) is 8.99. The van der Waals surface area contributed by atoms with Crippen molar-refractivity contribution in [2.24, 2.45) is 5.92 Å². The Morgan fingerprint density at radius 2 is 1.91 bits per heavy atom. The van der Waals surface area contributed by atoms with Crippen molar-refractivity contribution in [2.45, 2.75) is 66.9 Å². The van der Waals surface area contributed by atoms with E-state index in [9.17, 15) is 4.79 Å². The highest BCUT2D eigenvalue weighted by atomic mass is 16.5. The number of nitrogens with zero attached hydrogens (tertiary/aromatic N) is 2. The van der Waals surface area contributed by atoms with Crippen molar-refractivity contribution in [3.05, 3.63) is 0 Å². The van der Waals surface area contributed by atoms with Crippen molar-refractivity contribution in [3.63, 3.8) is 0 Å². The molecule has 1 aliphatic rings. The van der Waals surface area contributed by atoms with Gasteiger partial charge in [-0.25, -0.2) is 0 Å². The number of rotatable bonds is 7. The van der Waals surface area contributed by atoms with E-state index in [1.165, 1.54) is 19.4 Å². The fraction of sp³-hybridized carbons (Fsp3) is 0.944. The normalized spacial score (nSPS) is 17.9. The number of hydrogen-bond donors (Lipinski definition) is 0. The lowest BCUT2D eigenvalue weighted by molar-refractivity contribution is -0.117. The summed E-state index contributed by atoms with van der Waals surface area (Å²) in [5, 5.41) is 0. The summed E-state index contributed by atoms with van der Waals surface area (Å²) in [4.78, 5) is 14.6. The van der Waals surface area contributed by atoms with Crippen LogP contribution in [0.3, 0.4) is 0 Å². The lowest BCUT2D eigenvalue weighted by Crippen LogP contribution is -2.43. The van der Waals surface area contributed by atoms with Crippen LogP contribution in [0.4, 0.5) is 0 Å². The Balaban J connectivity index is 0. The number of unbranched alkanes of at least 4 members (excludes halogenated alkanes) is 1. The van der Waals surface area contributed by atoms with Crippen molar-refractivity contribution in [3.8, 4) is 0 Å². The molecule has 0 aromatic heterocycles. The molecule has 0 aliphatic carbocycles. The van der Waals surface area contributed by atoms with Gasteiger partial charge in [0, 0.05) is 26.7 Å². The number of hydrogen-bond acceptors (Lipinski definition) is 3. The van der Waals surface area contributed by atoms with Crippen LogP contribution in [0.2, 0.25) is 0 Å². The third kappa shape index (κ3) is 15.8. The van der Waals surface area contributed by atoms with E-state index < -0.39 is 0 Å². The van der Waals surface area contributed by atoms with Gasteiger partial charge in [0.1, 0.15) is 0 Å². The molecule has 1 amide bonds. The average molecular weight is 317 g/mol. The molecule has 22 heavy (non-hydrogen) atoms. The molecule has 1 rings (SSSR count). The van der Waals surface area contributed by atoms with Gasteiger partial charge in [-0.1, -0.05) is 48.0 Å². The third-order valence-electron chi connectivity index (χ3n) is 3.03. The molecule has 134 valence electrons. The topological polar surface area (TPSA) is 32.8 Å². The Morgan fingerprint density at radius 1 is 1.32 bits per heavy atom. The standard InChI is InChI=1S/C12H24N2O2.C4H10.C2H6/c1-3-4-6-14-8-9-16-12(10-14)5-7-13(2)11-15;1-4(2)3;1-2/h11-12H,3-10H2,1-2H3;4H,1-3H3;1-2H3. The van der Waals surface area contributed by atoms with E-state index in [0.717, 1.165) is 45.0 Å². The maximum atomic E-state index is 10.5.